The van der Waals surface area contributed by atoms with Gasteiger partial charge in [-0.15, -0.1) is 0 Å². The number of aromatic nitrogens is 1. The Bertz CT molecular complexity index is 1080. The predicted molar refractivity (Wildman–Crippen MR) is 106 cm³/mol. The van der Waals surface area contributed by atoms with Gasteiger partial charge in [-0.1, -0.05) is 0 Å². The number of pyridine rings is 1. The number of carbonyl (C=O) groups excluding carboxylic acids is 1. The highest BCUT2D eigenvalue weighted by Gasteiger charge is 2.54. The summed E-state index contributed by atoms with van der Waals surface area (Å²) in [6, 6.07) is 4.06. The van der Waals surface area contributed by atoms with Crippen molar-refractivity contribution in [2.45, 2.75) is 18.1 Å². The highest BCUT2D eigenvalue weighted by atomic mass is 19.1. The van der Waals surface area contributed by atoms with Crippen molar-refractivity contribution in [2.75, 3.05) is 27.4 Å². The number of hydrogen-bond donors (Lipinski definition) is 1. The lowest BCUT2D eigenvalue weighted by Crippen LogP contribution is -2.60. The molecule has 0 aliphatic carbocycles. The van der Waals surface area contributed by atoms with Crippen LogP contribution in [0.1, 0.15) is 12.0 Å². The normalized spacial score (nSPS) is 25.3. The predicted octanol–water partition coefficient (Wildman–Crippen LogP) is 2.32. The molecule has 1 unspecified atom stereocenters. The fourth-order valence-corrected chi connectivity index (χ4v) is 4.03. The summed E-state index contributed by atoms with van der Waals surface area (Å²) in [6.45, 7) is 0.0217. The maximum absolute atomic E-state index is 15.1. The van der Waals surface area contributed by atoms with Gasteiger partial charge >= 0.3 is 0 Å². The molecule has 0 spiro atoms. The van der Waals surface area contributed by atoms with Crippen molar-refractivity contribution in [1.29, 1.82) is 0 Å². The molecule has 2 N–H and O–H groups in total. The van der Waals surface area contributed by atoms with Crippen LogP contribution in [0.4, 0.5) is 13.2 Å². The van der Waals surface area contributed by atoms with Crippen molar-refractivity contribution in [1.82, 2.24) is 9.88 Å². The van der Waals surface area contributed by atoms with E-state index in [-0.39, 0.29) is 37.1 Å². The Kier molecular flexibility index (Phi) is 5.78. The first-order chi connectivity index (χ1) is 15.3. The lowest BCUT2D eigenvalue weighted by atomic mass is 9.72. The summed E-state index contributed by atoms with van der Waals surface area (Å²) in [6.07, 6.45) is 1.02. The molecule has 2 aliphatic rings. The highest BCUT2D eigenvalue weighted by molar-refractivity contribution is 6.00. The maximum atomic E-state index is 15.1. The molecule has 2 aromatic rings. The summed E-state index contributed by atoms with van der Waals surface area (Å²) in [5.74, 6) is -5.21. The van der Waals surface area contributed by atoms with E-state index < -0.39 is 46.6 Å². The summed E-state index contributed by atoms with van der Waals surface area (Å²) < 4.78 is 59.8. The number of nitrogens with zero attached hydrogens (tertiary/aromatic N) is 3. The minimum absolute atomic E-state index is 0.137. The zero-order valence-electron chi connectivity index (χ0n) is 17.3. The zero-order chi connectivity index (χ0) is 23.0. The molecule has 1 aromatic carbocycles. The number of benzene rings is 1. The Labute approximate surface area is 181 Å². The second-order valence-electron chi connectivity index (χ2n) is 7.62. The Morgan fingerprint density at radius 2 is 2.06 bits per heavy atom. The van der Waals surface area contributed by atoms with Gasteiger partial charge in [0.1, 0.15) is 11.4 Å². The number of ether oxygens (including phenoxy) is 3. The van der Waals surface area contributed by atoms with E-state index in [1.165, 1.54) is 31.3 Å². The van der Waals surface area contributed by atoms with Crippen molar-refractivity contribution in [3.63, 3.8) is 0 Å². The van der Waals surface area contributed by atoms with Gasteiger partial charge in [-0.3, -0.25) is 9.69 Å². The van der Waals surface area contributed by atoms with Crippen LogP contribution in [0.15, 0.2) is 35.5 Å². The van der Waals surface area contributed by atoms with Crippen molar-refractivity contribution in [3.05, 3.63) is 53.5 Å². The monoisotopic (exact) mass is 450 g/mol. The average molecular weight is 450 g/mol. The van der Waals surface area contributed by atoms with Gasteiger partial charge in [0.15, 0.2) is 23.3 Å². The number of halogens is 3. The second kappa shape index (κ2) is 8.40. The summed E-state index contributed by atoms with van der Waals surface area (Å²) >= 11 is 0. The van der Waals surface area contributed by atoms with Crippen LogP contribution in [-0.4, -0.2) is 55.2 Å². The van der Waals surface area contributed by atoms with Gasteiger partial charge in [0, 0.05) is 32.0 Å². The van der Waals surface area contributed by atoms with Crippen molar-refractivity contribution >= 4 is 11.9 Å². The first-order valence-electron chi connectivity index (χ1n) is 9.78. The fourth-order valence-electron chi connectivity index (χ4n) is 4.03. The quantitative estimate of drug-likeness (QED) is 0.751. The molecular formula is C21H21F3N4O4. The zero-order valence-corrected chi connectivity index (χ0v) is 17.3. The average Bonchev–Trinajstić information content (AvgIpc) is 2.76. The van der Waals surface area contributed by atoms with E-state index >= 15 is 4.39 Å². The number of hydrogen-bond acceptors (Lipinski definition) is 7. The molecule has 170 valence electrons. The molecule has 1 aromatic heterocycles. The van der Waals surface area contributed by atoms with E-state index in [0.29, 0.717) is 6.07 Å². The third-order valence-electron chi connectivity index (χ3n) is 5.67. The Balaban J connectivity index is 1.82. The number of fused-ring (bicyclic) bond motifs is 1. The van der Waals surface area contributed by atoms with Gasteiger partial charge in [0.25, 0.3) is 5.88 Å². The maximum Gasteiger partial charge on any atom is 0.255 e. The SMILES string of the molecule is COC[C@H]1CC2C(=O)N(C)C(N)=N[C@@]2(c2cc(Oc3ncccc3F)c(F)cc2F)CO1. The standard InChI is InChI=1S/C21H21F3N4O4/c1-28-19(29)13-6-11(9-30-2)31-10-21(13,27-20(28)25)12-7-17(16(24)8-15(12)23)32-18-14(22)4-3-5-26-18/h3-5,7-8,11,13H,6,9-10H2,1-2H3,(H2,25,27)/t11-,13?,21-/m1/s1. The van der Waals surface area contributed by atoms with E-state index in [1.807, 2.05) is 0 Å². The van der Waals surface area contributed by atoms with Crippen LogP contribution in [0.3, 0.4) is 0 Å². The second-order valence-corrected chi connectivity index (χ2v) is 7.62. The van der Waals surface area contributed by atoms with Gasteiger partial charge in [-0.25, -0.2) is 23.1 Å². The summed E-state index contributed by atoms with van der Waals surface area (Å²) in [7, 11) is 2.96. The van der Waals surface area contributed by atoms with Gasteiger partial charge in [0.05, 0.1) is 25.2 Å². The third kappa shape index (κ3) is 3.67. The molecule has 4 rings (SSSR count). The van der Waals surface area contributed by atoms with Crippen LogP contribution in [0.2, 0.25) is 0 Å². The molecule has 0 saturated carbocycles. The lowest BCUT2D eigenvalue weighted by molar-refractivity contribution is -0.148. The van der Waals surface area contributed by atoms with E-state index in [2.05, 4.69) is 9.98 Å². The highest BCUT2D eigenvalue weighted by Crippen LogP contribution is 2.46. The van der Waals surface area contributed by atoms with E-state index in [0.717, 1.165) is 12.1 Å². The number of methoxy groups -OCH3 is 1. The van der Waals surface area contributed by atoms with Crippen LogP contribution in [0.5, 0.6) is 11.6 Å². The Morgan fingerprint density at radius 1 is 1.28 bits per heavy atom. The summed E-state index contributed by atoms with van der Waals surface area (Å²) in [5.41, 5.74) is 4.22. The number of amides is 1. The summed E-state index contributed by atoms with van der Waals surface area (Å²) in [4.78, 5) is 22.4. The largest absolute Gasteiger partial charge is 0.433 e. The molecule has 11 heteroatoms. The van der Waals surface area contributed by atoms with Crippen molar-refractivity contribution < 1.29 is 32.2 Å². The van der Waals surface area contributed by atoms with Crippen molar-refractivity contribution in [2.24, 2.45) is 16.6 Å². The lowest BCUT2D eigenvalue weighted by Gasteiger charge is -2.47. The van der Waals surface area contributed by atoms with Crippen LogP contribution >= 0.6 is 0 Å². The van der Waals surface area contributed by atoms with E-state index in [1.54, 1.807) is 0 Å². The van der Waals surface area contributed by atoms with Crippen LogP contribution < -0.4 is 10.5 Å². The molecule has 32 heavy (non-hydrogen) atoms. The molecule has 0 radical (unpaired) electrons. The molecule has 1 fully saturated rings. The van der Waals surface area contributed by atoms with E-state index in [4.69, 9.17) is 19.9 Å². The molecule has 3 heterocycles. The van der Waals surface area contributed by atoms with Gasteiger partial charge < -0.3 is 19.9 Å². The number of nitrogens with two attached hydrogens (primary N) is 1. The van der Waals surface area contributed by atoms with Gasteiger partial charge in [-0.05, 0) is 24.6 Å². The fraction of sp³-hybridized carbons (Fsp3) is 0.381. The van der Waals surface area contributed by atoms with Crippen LogP contribution in [0.25, 0.3) is 0 Å². The molecule has 1 saturated heterocycles. The number of rotatable bonds is 5. The minimum Gasteiger partial charge on any atom is -0.433 e. The Hall–Kier alpha value is -3.18. The minimum atomic E-state index is -1.56. The van der Waals surface area contributed by atoms with Crippen LogP contribution in [0, 0.1) is 23.4 Å². The molecule has 1 amide bonds. The summed E-state index contributed by atoms with van der Waals surface area (Å²) in [5, 5.41) is 0. The molecule has 0 bridgehead atoms. The molecule has 3 atom stereocenters. The molecular weight excluding hydrogens is 429 g/mol. The third-order valence-corrected chi connectivity index (χ3v) is 5.67. The van der Waals surface area contributed by atoms with Crippen LogP contribution in [-0.2, 0) is 19.8 Å². The number of guanidine groups is 1. The first-order valence-corrected chi connectivity index (χ1v) is 9.78. The van der Waals surface area contributed by atoms with Gasteiger partial charge in [-0.2, -0.15) is 0 Å². The molecule has 2 aliphatic heterocycles. The van der Waals surface area contributed by atoms with Gasteiger partial charge in [0.2, 0.25) is 5.91 Å². The first kappa shape index (κ1) is 22.0. The van der Waals surface area contributed by atoms with E-state index in [9.17, 15) is 13.6 Å². The topological polar surface area (TPSA) is 99.3 Å². The Morgan fingerprint density at radius 3 is 2.78 bits per heavy atom. The molecule has 8 nitrogen and oxygen atoms in total. The number of carbonyl (C=O) groups is 1. The number of aliphatic imine (C=N–C) groups is 1. The smallest absolute Gasteiger partial charge is 0.255 e. The van der Waals surface area contributed by atoms with Crippen molar-refractivity contribution in [3.8, 4) is 11.6 Å².